The summed E-state index contributed by atoms with van der Waals surface area (Å²) in [4.78, 5) is 18.8. The van der Waals surface area contributed by atoms with Gasteiger partial charge in [0.25, 0.3) is 5.56 Å². The first-order chi connectivity index (χ1) is 6.31. The Morgan fingerprint density at radius 2 is 2.31 bits per heavy atom. The molecule has 70 valence electrons. The van der Waals surface area contributed by atoms with Crippen molar-refractivity contribution in [1.29, 1.82) is 0 Å². The van der Waals surface area contributed by atoms with Crippen LogP contribution >= 0.6 is 0 Å². The van der Waals surface area contributed by atoms with Crippen molar-refractivity contribution < 1.29 is 0 Å². The number of hydrogen-bond acceptors (Lipinski definition) is 2. The highest BCUT2D eigenvalue weighted by molar-refractivity contribution is 5.22. The minimum absolute atomic E-state index is 0.0888. The molecule has 1 aliphatic rings. The summed E-state index contributed by atoms with van der Waals surface area (Å²) in [7, 11) is 0. The van der Waals surface area contributed by atoms with Crippen molar-refractivity contribution in [2.75, 3.05) is 0 Å². The zero-order chi connectivity index (χ0) is 9.26. The second-order valence-electron chi connectivity index (χ2n) is 3.54. The van der Waals surface area contributed by atoms with E-state index in [0.29, 0.717) is 0 Å². The first-order valence-corrected chi connectivity index (χ1v) is 4.92. The van der Waals surface area contributed by atoms with Crippen LogP contribution in [-0.4, -0.2) is 9.97 Å². The van der Waals surface area contributed by atoms with Crippen LogP contribution in [0.1, 0.15) is 36.8 Å². The molecule has 0 radical (unpaired) electrons. The van der Waals surface area contributed by atoms with E-state index < -0.39 is 0 Å². The summed E-state index contributed by atoms with van der Waals surface area (Å²) in [5.74, 6) is 0.855. The van der Waals surface area contributed by atoms with Gasteiger partial charge >= 0.3 is 0 Å². The smallest absolute Gasteiger partial charge is 0.254 e. The van der Waals surface area contributed by atoms with Gasteiger partial charge < -0.3 is 4.98 Å². The molecule has 0 aromatic carbocycles. The zero-order valence-electron chi connectivity index (χ0n) is 7.89. The van der Waals surface area contributed by atoms with Gasteiger partial charge in [0.05, 0.1) is 5.69 Å². The Labute approximate surface area is 77.2 Å². The molecule has 0 saturated heterocycles. The van der Waals surface area contributed by atoms with Gasteiger partial charge in [-0.1, -0.05) is 6.92 Å². The quantitative estimate of drug-likeness (QED) is 0.740. The maximum Gasteiger partial charge on any atom is 0.254 e. The summed E-state index contributed by atoms with van der Waals surface area (Å²) >= 11 is 0. The van der Waals surface area contributed by atoms with Crippen LogP contribution in [0.5, 0.6) is 0 Å². The van der Waals surface area contributed by atoms with Gasteiger partial charge in [-0.3, -0.25) is 4.79 Å². The maximum atomic E-state index is 11.5. The van der Waals surface area contributed by atoms with E-state index >= 15 is 0 Å². The first kappa shape index (κ1) is 8.48. The van der Waals surface area contributed by atoms with E-state index in [1.807, 2.05) is 0 Å². The fourth-order valence-corrected chi connectivity index (χ4v) is 1.85. The van der Waals surface area contributed by atoms with Crippen molar-refractivity contribution in [2.45, 2.75) is 39.0 Å². The molecule has 0 aliphatic heterocycles. The summed E-state index contributed by atoms with van der Waals surface area (Å²) in [6, 6.07) is 0. The van der Waals surface area contributed by atoms with Crippen molar-refractivity contribution >= 4 is 0 Å². The second kappa shape index (κ2) is 3.32. The van der Waals surface area contributed by atoms with E-state index in [0.717, 1.165) is 49.2 Å². The summed E-state index contributed by atoms with van der Waals surface area (Å²) in [5, 5.41) is 0. The molecule has 0 fully saturated rings. The topological polar surface area (TPSA) is 45.8 Å². The number of H-pyrrole nitrogens is 1. The third kappa shape index (κ3) is 1.50. The Balaban J connectivity index is 2.44. The van der Waals surface area contributed by atoms with Crippen LogP contribution in [0.2, 0.25) is 0 Å². The molecule has 0 amide bonds. The predicted molar refractivity (Wildman–Crippen MR) is 50.9 cm³/mol. The fourth-order valence-electron chi connectivity index (χ4n) is 1.85. The third-order valence-corrected chi connectivity index (χ3v) is 2.48. The Bertz CT molecular complexity index is 368. The highest BCUT2D eigenvalue weighted by Gasteiger charge is 2.16. The van der Waals surface area contributed by atoms with Gasteiger partial charge in [0, 0.05) is 12.0 Å². The van der Waals surface area contributed by atoms with Crippen LogP contribution in [-0.2, 0) is 19.3 Å². The summed E-state index contributed by atoms with van der Waals surface area (Å²) in [5.41, 5.74) is 2.04. The van der Waals surface area contributed by atoms with Crippen molar-refractivity contribution in [1.82, 2.24) is 9.97 Å². The van der Waals surface area contributed by atoms with E-state index in [-0.39, 0.29) is 5.56 Å². The molecular weight excluding hydrogens is 164 g/mol. The van der Waals surface area contributed by atoms with Crippen LogP contribution in [0, 0.1) is 0 Å². The highest BCUT2D eigenvalue weighted by Crippen LogP contribution is 2.15. The van der Waals surface area contributed by atoms with Gasteiger partial charge in [-0.25, -0.2) is 4.98 Å². The molecule has 1 aromatic rings. The number of aryl methyl sites for hydroxylation is 2. The Morgan fingerprint density at radius 1 is 1.46 bits per heavy atom. The van der Waals surface area contributed by atoms with Gasteiger partial charge in [-0.05, 0) is 25.7 Å². The van der Waals surface area contributed by atoms with E-state index in [1.54, 1.807) is 0 Å². The molecule has 0 saturated carbocycles. The lowest BCUT2D eigenvalue weighted by Crippen LogP contribution is -2.16. The standard InChI is InChI=1S/C10H14N2O/c1-2-4-9-11-8-6-3-5-7(8)10(13)12-9/h2-6H2,1H3,(H,11,12,13). The molecule has 1 aromatic heterocycles. The van der Waals surface area contributed by atoms with E-state index in [9.17, 15) is 4.79 Å². The molecular formula is C10H14N2O. The number of hydrogen-bond donors (Lipinski definition) is 1. The van der Waals surface area contributed by atoms with Crippen LogP contribution in [0.3, 0.4) is 0 Å². The van der Waals surface area contributed by atoms with Crippen molar-refractivity contribution in [3.05, 3.63) is 27.4 Å². The van der Waals surface area contributed by atoms with E-state index in [1.165, 1.54) is 0 Å². The van der Waals surface area contributed by atoms with Gasteiger partial charge in [-0.15, -0.1) is 0 Å². The molecule has 0 unspecified atom stereocenters. The lowest BCUT2D eigenvalue weighted by Gasteiger charge is -2.01. The number of aromatic amines is 1. The fraction of sp³-hybridized carbons (Fsp3) is 0.600. The van der Waals surface area contributed by atoms with Crippen molar-refractivity contribution in [2.24, 2.45) is 0 Å². The Kier molecular flexibility index (Phi) is 2.17. The molecule has 0 bridgehead atoms. The van der Waals surface area contributed by atoms with Crippen LogP contribution < -0.4 is 5.56 Å². The first-order valence-electron chi connectivity index (χ1n) is 4.92. The average molecular weight is 178 g/mol. The molecule has 1 N–H and O–H groups in total. The number of nitrogens with zero attached hydrogens (tertiary/aromatic N) is 1. The van der Waals surface area contributed by atoms with Gasteiger partial charge in [0.15, 0.2) is 0 Å². The minimum Gasteiger partial charge on any atom is -0.310 e. The largest absolute Gasteiger partial charge is 0.310 e. The maximum absolute atomic E-state index is 11.5. The molecule has 13 heavy (non-hydrogen) atoms. The van der Waals surface area contributed by atoms with E-state index in [2.05, 4.69) is 16.9 Å². The van der Waals surface area contributed by atoms with Crippen LogP contribution in [0.25, 0.3) is 0 Å². The summed E-state index contributed by atoms with van der Waals surface area (Å²) < 4.78 is 0. The molecule has 2 rings (SSSR count). The molecule has 0 atom stereocenters. The van der Waals surface area contributed by atoms with Gasteiger partial charge in [-0.2, -0.15) is 0 Å². The number of fused-ring (bicyclic) bond motifs is 1. The van der Waals surface area contributed by atoms with Crippen LogP contribution in [0.4, 0.5) is 0 Å². The summed E-state index contributed by atoms with van der Waals surface area (Å²) in [6.45, 7) is 2.09. The Morgan fingerprint density at radius 3 is 3.08 bits per heavy atom. The highest BCUT2D eigenvalue weighted by atomic mass is 16.1. The van der Waals surface area contributed by atoms with E-state index in [4.69, 9.17) is 0 Å². The minimum atomic E-state index is 0.0888. The Hall–Kier alpha value is -1.12. The molecule has 0 spiro atoms. The number of aromatic nitrogens is 2. The molecule has 3 nitrogen and oxygen atoms in total. The lowest BCUT2D eigenvalue weighted by molar-refractivity contribution is 0.806. The molecule has 1 aliphatic carbocycles. The number of nitrogens with one attached hydrogen (secondary N) is 1. The molecule has 3 heteroatoms. The average Bonchev–Trinajstić information content (AvgIpc) is 2.53. The van der Waals surface area contributed by atoms with Gasteiger partial charge in [0.1, 0.15) is 5.82 Å². The SMILES string of the molecule is CCCc1nc2c(c(=O)[nH]1)CCC2. The van der Waals surface area contributed by atoms with Crippen molar-refractivity contribution in [3.63, 3.8) is 0 Å². The van der Waals surface area contributed by atoms with Crippen molar-refractivity contribution in [3.8, 4) is 0 Å². The predicted octanol–water partition coefficient (Wildman–Crippen LogP) is 1.21. The normalized spacial score (nSPS) is 14.5. The monoisotopic (exact) mass is 178 g/mol. The van der Waals surface area contributed by atoms with Gasteiger partial charge in [0.2, 0.25) is 0 Å². The zero-order valence-corrected chi connectivity index (χ0v) is 7.89. The molecule has 1 heterocycles. The number of rotatable bonds is 2. The summed E-state index contributed by atoms with van der Waals surface area (Å²) in [6.07, 6.45) is 4.88. The second-order valence-corrected chi connectivity index (χ2v) is 3.54. The van der Waals surface area contributed by atoms with Crippen LogP contribution in [0.15, 0.2) is 4.79 Å². The third-order valence-electron chi connectivity index (χ3n) is 2.48. The lowest BCUT2D eigenvalue weighted by atomic mass is 10.2.